The van der Waals surface area contributed by atoms with Gasteiger partial charge in [-0.1, -0.05) is 20.3 Å². The Hall–Kier alpha value is -3.74. The Morgan fingerprint density at radius 2 is 1.53 bits per heavy atom. The Morgan fingerprint density at radius 1 is 0.941 bits per heavy atom. The van der Waals surface area contributed by atoms with Crippen LogP contribution in [0.1, 0.15) is 38.6 Å². The number of imidazole rings is 2. The van der Waals surface area contributed by atoms with Gasteiger partial charge in [0.05, 0.1) is 18.7 Å². The van der Waals surface area contributed by atoms with E-state index in [1.165, 1.54) is 25.8 Å². The summed E-state index contributed by atoms with van der Waals surface area (Å²) >= 11 is 0. The predicted octanol–water partition coefficient (Wildman–Crippen LogP) is -1.15. The lowest BCUT2D eigenvalue weighted by Gasteiger charge is -2.24. The van der Waals surface area contributed by atoms with Gasteiger partial charge < -0.3 is 36.8 Å². The molecule has 0 aliphatic carbocycles. The Morgan fingerprint density at radius 3 is 2.03 bits per heavy atom. The standard InChI is InChI=1S/C21H32N8O5/c1-4-11(2)17(21(33)34)29-18(30)12(3)27-20(32)16(6-14-8-24-10-26-14)28-19(31)15(22)5-13-7-23-9-25-13/h7-12,15-17H,4-6,22H2,1-3H3,(H,23,25)(H,24,26)(H,27,32)(H,28,31)(H,29,30)(H,33,34). The van der Waals surface area contributed by atoms with Crippen molar-refractivity contribution in [1.82, 2.24) is 35.9 Å². The van der Waals surface area contributed by atoms with Crippen LogP contribution in [0.2, 0.25) is 0 Å². The SMILES string of the molecule is CCC(C)C(NC(=O)C(C)NC(=O)C(Cc1cnc[nH]1)NC(=O)C(N)Cc1cnc[nH]1)C(=O)O. The summed E-state index contributed by atoms with van der Waals surface area (Å²) in [5.74, 6) is -3.29. The van der Waals surface area contributed by atoms with E-state index in [0.717, 1.165) is 0 Å². The Labute approximate surface area is 196 Å². The van der Waals surface area contributed by atoms with Gasteiger partial charge in [0, 0.05) is 36.6 Å². The number of H-pyrrole nitrogens is 2. The Bertz CT molecular complexity index is 947. The quantitative estimate of drug-likeness (QED) is 0.187. The molecule has 0 radical (unpaired) electrons. The van der Waals surface area contributed by atoms with E-state index in [2.05, 4.69) is 35.9 Å². The highest BCUT2D eigenvalue weighted by atomic mass is 16.4. The molecule has 0 bridgehead atoms. The predicted molar refractivity (Wildman–Crippen MR) is 121 cm³/mol. The number of rotatable bonds is 13. The third-order valence-corrected chi connectivity index (χ3v) is 5.47. The maximum atomic E-state index is 13.0. The van der Waals surface area contributed by atoms with Crippen molar-refractivity contribution in [1.29, 1.82) is 0 Å². The number of nitrogens with zero attached hydrogens (tertiary/aromatic N) is 2. The summed E-state index contributed by atoms with van der Waals surface area (Å²) in [6, 6.07) is -4.12. The molecule has 2 heterocycles. The summed E-state index contributed by atoms with van der Waals surface area (Å²) in [6.45, 7) is 4.96. The number of nitrogens with one attached hydrogen (secondary N) is 5. The van der Waals surface area contributed by atoms with Crippen LogP contribution in [-0.2, 0) is 32.0 Å². The summed E-state index contributed by atoms with van der Waals surface area (Å²) in [6.07, 6.45) is 6.78. The summed E-state index contributed by atoms with van der Waals surface area (Å²) in [5, 5.41) is 17.0. The number of aromatic amines is 2. The number of carbonyl (C=O) groups excluding carboxylic acids is 3. The van der Waals surface area contributed by atoms with Crippen LogP contribution in [0.3, 0.4) is 0 Å². The smallest absolute Gasteiger partial charge is 0.326 e. The second-order valence-corrected chi connectivity index (χ2v) is 8.17. The van der Waals surface area contributed by atoms with Crippen LogP contribution >= 0.6 is 0 Å². The van der Waals surface area contributed by atoms with Gasteiger partial charge in [0.15, 0.2) is 0 Å². The minimum absolute atomic E-state index is 0.0767. The van der Waals surface area contributed by atoms with Crippen LogP contribution in [0.15, 0.2) is 25.0 Å². The molecule has 13 nitrogen and oxygen atoms in total. The number of carbonyl (C=O) groups is 4. The van der Waals surface area contributed by atoms with E-state index in [4.69, 9.17) is 5.73 Å². The molecule has 0 saturated heterocycles. The monoisotopic (exact) mass is 476 g/mol. The number of aliphatic carboxylic acids is 1. The first-order valence-electron chi connectivity index (χ1n) is 11.0. The lowest BCUT2D eigenvalue weighted by Crippen LogP contribution is -2.57. The van der Waals surface area contributed by atoms with Gasteiger partial charge in [-0.25, -0.2) is 14.8 Å². The number of amides is 3. The number of hydrogen-bond acceptors (Lipinski definition) is 7. The van der Waals surface area contributed by atoms with Crippen LogP contribution in [0.5, 0.6) is 0 Å². The van der Waals surface area contributed by atoms with E-state index in [-0.39, 0.29) is 18.8 Å². The number of hydrogen-bond donors (Lipinski definition) is 7. The van der Waals surface area contributed by atoms with Gasteiger partial charge in [-0.05, 0) is 12.8 Å². The van der Waals surface area contributed by atoms with Crippen molar-refractivity contribution in [3.8, 4) is 0 Å². The molecule has 8 N–H and O–H groups in total. The van der Waals surface area contributed by atoms with Gasteiger partial charge in [0.2, 0.25) is 17.7 Å². The van der Waals surface area contributed by atoms with Crippen molar-refractivity contribution < 1.29 is 24.3 Å². The first-order chi connectivity index (χ1) is 16.1. The second kappa shape index (κ2) is 12.5. The molecule has 0 fully saturated rings. The zero-order valence-corrected chi connectivity index (χ0v) is 19.4. The topological polar surface area (TPSA) is 208 Å². The van der Waals surface area contributed by atoms with Gasteiger partial charge >= 0.3 is 5.97 Å². The molecule has 2 aromatic rings. The normalized spacial score (nSPS) is 15.4. The molecule has 0 saturated carbocycles. The molecule has 0 spiro atoms. The molecule has 186 valence electrons. The van der Waals surface area contributed by atoms with Crippen molar-refractivity contribution >= 4 is 23.7 Å². The average molecular weight is 477 g/mol. The number of carboxylic acid groups (broad SMARTS) is 1. The minimum atomic E-state index is -1.16. The summed E-state index contributed by atoms with van der Waals surface area (Å²) < 4.78 is 0. The highest BCUT2D eigenvalue weighted by Gasteiger charge is 2.30. The van der Waals surface area contributed by atoms with E-state index < -0.39 is 47.9 Å². The first-order valence-corrected chi connectivity index (χ1v) is 11.0. The van der Waals surface area contributed by atoms with Gasteiger partial charge in [0.1, 0.15) is 18.1 Å². The third kappa shape index (κ3) is 7.69. The molecule has 0 aliphatic heterocycles. The average Bonchev–Trinajstić information content (AvgIpc) is 3.50. The fourth-order valence-electron chi connectivity index (χ4n) is 3.17. The second-order valence-electron chi connectivity index (χ2n) is 8.17. The van der Waals surface area contributed by atoms with E-state index >= 15 is 0 Å². The molecule has 2 aromatic heterocycles. The molecule has 13 heteroatoms. The lowest BCUT2D eigenvalue weighted by atomic mass is 9.99. The number of nitrogens with two attached hydrogens (primary N) is 1. The minimum Gasteiger partial charge on any atom is -0.480 e. The molecule has 0 aromatic carbocycles. The summed E-state index contributed by atoms with van der Waals surface area (Å²) in [7, 11) is 0. The van der Waals surface area contributed by atoms with Crippen molar-refractivity contribution in [3.05, 3.63) is 36.4 Å². The van der Waals surface area contributed by atoms with E-state index in [0.29, 0.717) is 17.8 Å². The molecule has 2 rings (SSSR count). The van der Waals surface area contributed by atoms with E-state index in [9.17, 15) is 24.3 Å². The molecular weight excluding hydrogens is 444 g/mol. The number of aromatic nitrogens is 4. The Kier molecular flexibility index (Phi) is 9.74. The highest BCUT2D eigenvalue weighted by molar-refractivity contribution is 5.94. The largest absolute Gasteiger partial charge is 0.480 e. The maximum Gasteiger partial charge on any atom is 0.326 e. The van der Waals surface area contributed by atoms with Crippen molar-refractivity contribution in [2.75, 3.05) is 0 Å². The summed E-state index contributed by atoms with van der Waals surface area (Å²) in [5.41, 5.74) is 7.22. The van der Waals surface area contributed by atoms with Crippen molar-refractivity contribution in [2.45, 2.75) is 64.2 Å². The van der Waals surface area contributed by atoms with Crippen molar-refractivity contribution in [2.24, 2.45) is 11.7 Å². The zero-order chi connectivity index (χ0) is 25.3. The Balaban J connectivity index is 2.04. The first kappa shape index (κ1) is 26.5. The fraction of sp³-hybridized carbons (Fsp3) is 0.524. The molecule has 34 heavy (non-hydrogen) atoms. The van der Waals surface area contributed by atoms with Crippen LogP contribution < -0.4 is 21.7 Å². The van der Waals surface area contributed by atoms with Crippen LogP contribution in [0.4, 0.5) is 0 Å². The maximum absolute atomic E-state index is 13.0. The molecule has 0 aliphatic rings. The van der Waals surface area contributed by atoms with Gasteiger partial charge in [-0.3, -0.25) is 14.4 Å². The zero-order valence-electron chi connectivity index (χ0n) is 19.4. The van der Waals surface area contributed by atoms with E-state index in [1.54, 1.807) is 13.1 Å². The van der Waals surface area contributed by atoms with Crippen LogP contribution in [-0.4, -0.2) is 72.9 Å². The number of carboxylic acids is 1. The summed E-state index contributed by atoms with van der Waals surface area (Å²) in [4.78, 5) is 63.1. The van der Waals surface area contributed by atoms with Crippen LogP contribution in [0.25, 0.3) is 0 Å². The van der Waals surface area contributed by atoms with Gasteiger partial charge in [-0.15, -0.1) is 0 Å². The van der Waals surface area contributed by atoms with Gasteiger partial charge in [-0.2, -0.15) is 0 Å². The molecular formula is C21H32N8O5. The lowest BCUT2D eigenvalue weighted by molar-refractivity contribution is -0.143. The fourth-order valence-corrected chi connectivity index (χ4v) is 3.17. The molecule has 5 atom stereocenters. The van der Waals surface area contributed by atoms with Crippen molar-refractivity contribution in [3.63, 3.8) is 0 Å². The van der Waals surface area contributed by atoms with Crippen LogP contribution in [0, 0.1) is 5.92 Å². The highest BCUT2D eigenvalue weighted by Crippen LogP contribution is 2.08. The van der Waals surface area contributed by atoms with Gasteiger partial charge in [0.25, 0.3) is 0 Å². The molecule has 5 unspecified atom stereocenters. The van der Waals surface area contributed by atoms with E-state index in [1.807, 2.05) is 6.92 Å². The third-order valence-electron chi connectivity index (χ3n) is 5.47. The molecule has 3 amide bonds.